The van der Waals surface area contributed by atoms with Crippen molar-refractivity contribution in [3.63, 3.8) is 0 Å². The molecule has 2 amide bonds. The Labute approximate surface area is 188 Å². The molecule has 7 nitrogen and oxygen atoms in total. The number of benzene rings is 2. The van der Waals surface area contributed by atoms with Gasteiger partial charge in [-0.15, -0.1) is 0 Å². The molecule has 1 atom stereocenters. The lowest BCUT2D eigenvalue weighted by molar-refractivity contribution is -0.128. The van der Waals surface area contributed by atoms with Gasteiger partial charge in [0.2, 0.25) is 5.91 Å². The van der Waals surface area contributed by atoms with Crippen molar-refractivity contribution in [3.05, 3.63) is 64.7 Å². The van der Waals surface area contributed by atoms with Crippen LogP contribution in [0.3, 0.4) is 0 Å². The summed E-state index contributed by atoms with van der Waals surface area (Å²) in [7, 11) is -5.47. The Kier molecular flexibility index (Phi) is 5.73. The number of hydrogen-bond donors (Lipinski definition) is 2. The zero-order chi connectivity index (χ0) is 24.0. The van der Waals surface area contributed by atoms with Crippen LogP contribution in [0.4, 0.5) is 13.2 Å². The highest BCUT2D eigenvalue weighted by atomic mass is 32.2. The molecule has 0 aromatic heterocycles. The number of fused-ring (bicyclic) bond motifs is 1. The summed E-state index contributed by atoms with van der Waals surface area (Å²) in [5, 5.41) is 13.5. The van der Waals surface area contributed by atoms with E-state index >= 15 is 0 Å². The monoisotopic (exact) mass is 482 g/mol. The molecule has 1 aliphatic heterocycles. The predicted octanol–water partition coefficient (Wildman–Crippen LogP) is 3.01. The largest absolute Gasteiger partial charge is 0.501 e. The Hall–Kier alpha value is -2.92. The molecule has 2 aliphatic rings. The number of nitrogens with zero attached hydrogens (tertiary/aromatic N) is 1. The van der Waals surface area contributed by atoms with Gasteiger partial charge in [-0.3, -0.25) is 14.8 Å². The van der Waals surface area contributed by atoms with Gasteiger partial charge in [-0.05, 0) is 66.6 Å². The number of hydrogen-bond acceptors (Lipinski definition) is 5. The first kappa shape index (κ1) is 23.2. The van der Waals surface area contributed by atoms with E-state index in [1.807, 2.05) is 0 Å². The first-order chi connectivity index (χ1) is 15.4. The number of halogens is 3. The number of aryl methyl sites for hydroxylation is 1. The number of carbonyl (C=O) groups is 2. The number of nitrogens with one attached hydrogen (secondary N) is 1. The first-order valence-electron chi connectivity index (χ1n) is 10.2. The molecule has 1 spiro atoms. The molecule has 1 saturated heterocycles. The van der Waals surface area contributed by atoms with Gasteiger partial charge in [0, 0.05) is 12.1 Å². The van der Waals surface area contributed by atoms with E-state index in [1.165, 1.54) is 0 Å². The molecule has 176 valence electrons. The predicted molar refractivity (Wildman–Crippen MR) is 110 cm³/mol. The van der Waals surface area contributed by atoms with Gasteiger partial charge in [0.15, 0.2) is 0 Å². The molecule has 0 saturated carbocycles. The molecule has 33 heavy (non-hydrogen) atoms. The minimum absolute atomic E-state index is 0.0592. The van der Waals surface area contributed by atoms with Crippen molar-refractivity contribution < 1.29 is 36.4 Å². The van der Waals surface area contributed by atoms with Crippen LogP contribution in [0.5, 0.6) is 0 Å². The topological polar surface area (TPSA) is 104 Å². The average molecular weight is 482 g/mol. The Morgan fingerprint density at radius 2 is 1.79 bits per heavy atom. The highest BCUT2D eigenvalue weighted by Gasteiger charge is 2.47. The van der Waals surface area contributed by atoms with Crippen molar-refractivity contribution >= 4 is 21.7 Å². The third kappa shape index (κ3) is 4.22. The van der Waals surface area contributed by atoms with Crippen molar-refractivity contribution in [3.8, 4) is 0 Å². The van der Waals surface area contributed by atoms with Crippen LogP contribution in [0.15, 0.2) is 47.4 Å². The number of carbonyl (C=O) groups excluding carboxylic acids is 2. The van der Waals surface area contributed by atoms with Crippen LogP contribution in [0.25, 0.3) is 0 Å². The van der Waals surface area contributed by atoms with E-state index in [0.717, 1.165) is 41.8 Å². The molecule has 1 fully saturated rings. The van der Waals surface area contributed by atoms with Crippen LogP contribution in [-0.4, -0.2) is 42.6 Å². The van der Waals surface area contributed by atoms with Crippen LogP contribution in [0.2, 0.25) is 0 Å². The molecule has 11 heteroatoms. The van der Waals surface area contributed by atoms with Crippen molar-refractivity contribution in [2.75, 3.05) is 6.54 Å². The van der Waals surface area contributed by atoms with Crippen LogP contribution in [0, 0.1) is 5.41 Å². The van der Waals surface area contributed by atoms with Crippen molar-refractivity contribution in [1.82, 2.24) is 10.4 Å². The second kappa shape index (κ2) is 8.14. The van der Waals surface area contributed by atoms with E-state index < -0.39 is 31.6 Å². The molecule has 1 aliphatic carbocycles. The summed E-state index contributed by atoms with van der Waals surface area (Å²) < 4.78 is 60.8. The van der Waals surface area contributed by atoms with Gasteiger partial charge in [0.05, 0.1) is 16.9 Å². The normalized spacial score (nSPS) is 20.4. The summed E-state index contributed by atoms with van der Waals surface area (Å²) in [4.78, 5) is 24.0. The number of hydroxylamine groups is 2. The smallest absolute Gasteiger partial charge is 0.356 e. The molecular weight excluding hydrogens is 461 g/mol. The Morgan fingerprint density at radius 1 is 1.09 bits per heavy atom. The third-order valence-corrected chi connectivity index (χ3v) is 7.83. The van der Waals surface area contributed by atoms with Crippen molar-refractivity contribution in [1.29, 1.82) is 0 Å². The molecule has 0 bridgehead atoms. The first-order valence-corrected chi connectivity index (χ1v) is 11.7. The fourth-order valence-electron chi connectivity index (χ4n) is 4.42. The Balaban J connectivity index is 1.45. The van der Waals surface area contributed by atoms with Gasteiger partial charge < -0.3 is 5.32 Å². The standard InChI is InChI=1S/C22H21F3N2O5S/c23-22(24,25)33(31,32)18-5-1-14(2-6-18)13-27(30)19(28)16-3-4-17-12-21(8-7-15(17)11-16)9-10-26-20(21)29/h1-6,11,30H,7-10,12-13H2,(H,26,29)/t21-/m0/s1. The molecule has 1 heterocycles. The van der Waals surface area contributed by atoms with E-state index in [9.17, 15) is 36.4 Å². The number of alkyl halides is 3. The highest BCUT2D eigenvalue weighted by molar-refractivity contribution is 7.92. The Morgan fingerprint density at radius 3 is 2.39 bits per heavy atom. The van der Waals surface area contributed by atoms with Crippen LogP contribution in [-0.2, 0) is 34.0 Å². The molecule has 2 N–H and O–H groups in total. The van der Waals surface area contributed by atoms with E-state index in [4.69, 9.17) is 0 Å². The van der Waals surface area contributed by atoms with Crippen molar-refractivity contribution in [2.24, 2.45) is 5.41 Å². The second-order valence-corrected chi connectivity index (χ2v) is 10.3. The lowest BCUT2D eigenvalue weighted by Crippen LogP contribution is -2.36. The van der Waals surface area contributed by atoms with E-state index in [0.29, 0.717) is 30.9 Å². The molecule has 2 aromatic rings. The molecule has 2 aromatic carbocycles. The highest BCUT2D eigenvalue weighted by Crippen LogP contribution is 2.41. The number of rotatable bonds is 4. The maximum Gasteiger partial charge on any atom is 0.501 e. The Bertz CT molecular complexity index is 1210. The van der Waals surface area contributed by atoms with Crippen LogP contribution >= 0.6 is 0 Å². The van der Waals surface area contributed by atoms with Gasteiger partial charge in [0.25, 0.3) is 15.7 Å². The summed E-state index contributed by atoms with van der Waals surface area (Å²) in [6.07, 6.45) is 2.68. The lowest BCUT2D eigenvalue weighted by atomic mass is 9.70. The molecule has 0 unspecified atom stereocenters. The maximum atomic E-state index is 12.7. The summed E-state index contributed by atoms with van der Waals surface area (Å²) >= 11 is 0. The third-order valence-electron chi connectivity index (χ3n) is 6.33. The van der Waals surface area contributed by atoms with Gasteiger partial charge in [-0.2, -0.15) is 13.2 Å². The average Bonchev–Trinajstić information content (AvgIpc) is 3.11. The minimum atomic E-state index is -5.47. The van der Waals surface area contributed by atoms with Gasteiger partial charge in [-0.25, -0.2) is 13.5 Å². The molecule has 4 rings (SSSR count). The fraction of sp³-hybridized carbons (Fsp3) is 0.364. The summed E-state index contributed by atoms with van der Waals surface area (Å²) in [5.41, 5.74) is -3.41. The van der Waals surface area contributed by atoms with Crippen molar-refractivity contribution in [2.45, 2.75) is 42.6 Å². The zero-order valence-electron chi connectivity index (χ0n) is 17.4. The number of sulfone groups is 1. The maximum absolute atomic E-state index is 12.7. The fourth-order valence-corrected chi connectivity index (χ4v) is 5.18. The SMILES string of the molecule is O=C(c1ccc2c(c1)CC[C@]1(CCNC1=O)C2)N(O)Cc1ccc(S(=O)(=O)C(F)(F)F)cc1. The van der Waals surface area contributed by atoms with Gasteiger partial charge in [-0.1, -0.05) is 18.2 Å². The number of amides is 2. The van der Waals surface area contributed by atoms with Gasteiger partial charge >= 0.3 is 5.51 Å². The van der Waals surface area contributed by atoms with Crippen LogP contribution < -0.4 is 5.32 Å². The summed E-state index contributed by atoms with van der Waals surface area (Å²) in [6.45, 7) is 0.318. The minimum Gasteiger partial charge on any atom is -0.356 e. The van der Waals surface area contributed by atoms with Gasteiger partial charge in [0.1, 0.15) is 0 Å². The zero-order valence-corrected chi connectivity index (χ0v) is 18.2. The van der Waals surface area contributed by atoms with E-state index in [-0.39, 0.29) is 23.6 Å². The molecular formula is C22H21F3N2O5S. The summed E-state index contributed by atoms with van der Waals surface area (Å²) in [5.74, 6) is -0.646. The quantitative estimate of drug-likeness (QED) is 0.515. The molecule has 0 radical (unpaired) electrons. The van der Waals surface area contributed by atoms with E-state index in [2.05, 4.69) is 5.32 Å². The lowest BCUT2D eigenvalue weighted by Gasteiger charge is -2.32. The van der Waals surface area contributed by atoms with Crippen LogP contribution in [0.1, 0.15) is 39.9 Å². The van der Waals surface area contributed by atoms with E-state index in [1.54, 1.807) is 18.2 Å². The second-order valence-electron chi connectivity index (χ2n) is 8.40. The summed E-state index contributed by atoms with van der Waals surface area (Å²) in [6, 6.07) is 8.80.